The first-order chi connectivity index (χ1) is 13.9. The summed E-state index contributed by atoms with van der Waals surface area (Å²) in [5.41, 5.74) is 2.83. The molecule has 7 nitrogen and oxygen atoms in total. The molecule has 2 amide bonds. The maximum absolute atomic E-state index is 12.6. The van der Waals surface area contributed by atoms with Crippen LogP contribution in [0.1, 0.15) is 56.2 Å². The Morgan fingerprint density at radius 1 is 1.10 bits per heavy atom. The third kappa shape index (κ3) is 5.68. The van der Waals surface area contributed by atoms with Crippen LogP contribution in [0.5, 0.6) is 0 Å². The van der Waals surface area contributed by atoms with Crippen molar-refractivity contribution in [3.8, 4) is 6.07 Å². The van der Waals surface area contributed by atoms with Crippen LogP contribution < -0.4 is 5.32 Å². The fourth-order valence-electron chi connectivity index (χ4n) is 2.89. The van der Waals surface area contributed by atoms with E-state index in [2.05, 4.69) is 15.7 Å². The van der Waals surface area contributed by atoms with Crippen LogP contribution in [-0.2, 0) is 20.3 Å². The lowest BCUT2D eigenvalue weighted by Gasteiger charge is -2.21. The van der Waals surface area contributed by atoms with E-state index in [1.165, 1.54) is 24.3 Å². The molecule has 2 aromatic carbocycles. The largest absolute Gasteiger partial charge is 0.430 e. The topological polar surface area (TPSA) is 123 Å². The lowest BCUT2D eigenvalue weighted by Crippen LogP contribution is -2.13. The summed E-state index contributed by atoms with van der Waals surface area (Å²) >= 11 is 0. The average Bonchev–Trinajstić information content (AvgIpc) is 2.66. The van der Waals surface area contributed by atoms with Gasteiger partial charge < -0.3 is 14.5 Å². The van der Waals surface area contributed by atoms with Crippen molar-refractivity contribution in [2.75, 3.05) is 11.6 Å². The van der Waals surface area contributed by atoms with E-state index in [-0.39, 0.29) is 16.7 Å². The van der Waals surface area contributed by atoms with E-state index < -0.39 is 26.4 Å². The second kappa shape index (κ2) is 9.41. The minimum Gasteiger partial charge on any atom is -0.430 e. The molecule has 0 aliphatic rings. The number of carbonyl (C=O) groups excluding carboxylic acids is 1. The first-order valence-corrected chi connectivity index (χ1v) is 12.4. The molecule has 0 saturated carbocycles. The molecule has 2 rings (SSSR count). The van der Waals surface area contributed by atoms with Crippen LogP contribution in [0, 0.1) is 16.1 Å². The zero-order chi connectivity index (χ0) is 22.6. The lowest BCUT2D eigenvalue weighted by atomic mass is 9.90. The lowest BCUT2D eigenvalue weighted by molar-refractivity contribution is 0.260. The number of sulfone groups is 1. The van der Waals surface area contributed by atoms with Crippen LogP contribution >= 0.6 is 0 Å². The van der Waals surface area contributed by atoms with E-state index in [0.29, 0.717) is 16.1 Å². The molecule has 0 saturated heterocycles. The summed E-state index contributed by atoms with van der Waals surface area (Å²) in [6.45, 7) is 7.91. The zero-order valence-electron chi connectivity index (χ0n) is 17.6. The number of hydrogen-bond donors (Lipinski definition) is 2. The fourth-order valence-corrected chi connectivity index (χ4v) is 4.23. The highest BCUT2D eigenvalue weighted by atomic mass is 32.2. The van der Waals surface area contributed by atoms with Gasteiger partial charge in [0.1, 0.15) is 0 Å². The molecular weight excluding hydrogens is 420 g/mol. The minimum atomic E-state index is -3.33. The highest BCUT2D eigenvalue weighted by molar-refractivity contribution is 7.90. The van der Waals surface area contributed by atoms with Crippen molar-refractivity contribution in [3.05, 3.63) is 53.1 Å². The van der Waals surface area contributed by atoms with E-state index in [1.807, 2.05) is 27.7 Å². The van der Waals surface area contributed by atoms with Gasteiger partial charge >= 0.3 is 6.03 Å². The van der Waals surface area contributed by atoms with Gasteiger partial charge in [-0.2, -0.15) is 5.26 Å². The van der Waals surface area contributed by atoms with E-state index in [0.717, 1.165) is 17.4 Å². The summed E-state index contributed by atoms with van der Waals surface area (Å²) in [7, 11) is -4.83. The molecular formula is C21H25N4O3S2-. The SMILES string of the molecule is CC(C)c1cc(C#N)cc(C(C)C)c1NC(=O)/N=[S-](=N)/c1ccc(S(C)(=O)=O)cc1. The fraction of sp³-hybridized carbons (Fsp3) is 0.333. The number of nitriles is 1. The molecule has 0 heterocycles. The predicted octanol–water partition coefficient (Wildman–Crippen LogP) is 5.36. The van der Waals surface area contributed by atoms with Crippen LogP contribution in [0.4, 0.5) is 10.5 Å². The molecule has 0 radical (unpaired) electrons. The van der Waals surface area contributed by atoms with E-state index >= 15 is 0 Å². The van der Waals surface area contributed by atoms with E-state index in [1.54, 1.807) is 12.1 Å². The average molecular weight is 446 g/mol. The van der Waals surface area contributed by atoms with Crippen LogP contribution in [0.3, 0.4) is 0 Å². The van der Waals surface area contributed by atoms with Gasteiger partial charge in [0.15, 0.2) is 9.84 Å². The summed E-state index contributed by atoms with van der Waals surface area (Å²) in [5, 5.41) is 12.1. The molecule has 2 aromatic rings. The zero-order valence-corrected chi connectivity index (χ0v) is 19.2. The molecule has 9 heteroatoms. The van der Waals surface area contributed by atoms with Crippen molar-refractivity contribution in [2.45, 2.75) is 49.3 Å². The quantitative estimate of drug-likeness (QED) is 0.601. The molecule has 0 atom stereocenters. The molecule has 0 spiro atoms. The van der Waals surface area contributed by atoms with Crippen LogP contribution in [0.15, 0.2) is 50.6 Å². The van der Waals surface area contributed by atoms with Crippen molar-refractivity contribution in [3.63, 3.8) is 0 Å². The Labute approximate surface area is 179 Å². The van der Waals surface area contributed by atoms with Crippen molar-refractivity contribution in [1.82, 2.24) is 0 Å². The smallest absolute Gasteiger partial charge is 0.321 e. The Bertz CT molecular complexity index is 1160. The molecule has 160 valence electrons. The van der Waals surface area contributed by atoms with Gasteiger partial charge in [-0.1, -0.05) is 39.8 Å². The predicted molar refractivity (Wildman–Crippen MR) is 119 cm³/mol. The Hall–Kier alpha value is -2.70. The number of rotatable bonds is 5. The van der Waals surface area contributed by atoms with Gasteiger partial charge in [-0.3, -0.25) is 10.5 Å². The summed E-state index contributed by atoms with van der Waals surface area (Å²) < 4.78 is 35.2. The number of nitrogens with zero attached hydrogens (tertiary/aromatic N) is 2. The number of anilines is 1. The number of nitrogens with one attached hydrogen (secondary N) is 2. The molecule has 2 N–H and O–H groups in total. The van der Waals surface area contributed by atoms with Gasteiger partial charge in [0.25, 0.3) is 0 Å². The number of amides is 2. The Balaban J connectivity index is 2.40. The Kier molecular flexibility index (Phi) is 7.39. The van der Waals surface area contributed by atoms with Gasteiger partial charge in [0.2, 0.25) is 0 Å². The van der Waals surface area contributed by atoms with E-state index in [9.17, 15) is 18.5 Å². The van der Waals surface area contributed by atoms with Gasteiger partial charge in [0.05, 0.1) is 16.5 Å². The van der Waals surface area contributed by atoms with Crippen molar-refractivity contribution < 1.29 is 13.2 Å². The molecule has 0 aromatic heterocycles. The molecule has 0 fully saturated rings. The highest BCUT2D eigenvalue weighted by Gasteiger charge is 2.17. The molecule has 0 unspecified atom stereocenters. The summed E-state index contributed by atoms with van der Waals surface area (Å²) in [4.78, 5) is 13.2. The molecule has 0 aliphatic carbocycles. The second-order valence-electron chi connectivity index (χ2n) is 7.50. The monoisotopic (exact) mass is 445 g/mol. The maximum Gasteiger partial charge on any atom is 0.321 e. The van der Waals surface area contributed by atoms with Crippen molar-refractivity contribution in [2.24, 2.45) is 4.36 Å². The summed E-state index contributed by atoms with van der Waals surface area (Å²) in [5.74, 6) is 0.146. The van der Waals surface area contributed by atoms with Crippen LogP contribution in [-0.4, -0.2) is 20.7 Å². The second-order valence-corrected chi connectivity index (χ2v) is 10.7. The van der Waals surface area contributed by atoms with Crippen molar-refractivity contribution >= 4 is 32.0 Å². The molecule has 0 bridgehead atoms. The van der Waals surface area contributed by atoms with E-state index in [4.69, 9.17) is 4.78 Å². The Morgan fingerprint density at radius 2 is 1.60 bits per heavy atom. The first kappa shape index (κ1) is 23.6. The van der Waals surface area contributed by atoms with Gasteiger partial charge in [-0.05, 0) is 47.2 Å². The normalized spacial score (nSPS) is 12.7. The standard InChI is InChI=1S/C21H25N4O3S2/c1-13(2)18-10-15(12-22)11-19(14(3)4)20(18)24-21(26)25-29(23)16-6-8-17(9-7-16)30(5,27)28/h6-11,13-14,23H,1-5H3,(H,24,26)/q-1. The third-order valence-corrected chi connectivity index (χ3v) is 6.65. The highest BCUT2D eigenvalue weighted by Crippen LogP contribution is 2.34. The maximum atomic E-state index is 12.6. The van der Waals surface area contributed by atoms with Crippen molar-refractivity contribution in [1.29, 1.82) is 10.0 Å². The van der Waals surface area contributed by atoms with Crippen LogP contribution in [0.2, 0.25) is 0 Å². The first-order valence-electron chi connectivity index (χ1n) is 9.30. The summed E-state index contributed by atoms with van der Waals surface area (Å²) in [6.07, 6.45) is 1.11. The number of hydrogen-bond acceptors (Lipinski definition) is 6. The van der Waals surface area contributed by atoms with Gasteiger partial charge in [-0.25, -0.2) is 13.2 Å². The molecule has 0 aliphatic heterocycles. The number of benzene rings is 2. The van der Waals surface area contributed by atoms with Gasteiger partial charge in [-0.15, -0.1) is 4.90 Å². The van der Waals surface area contributed by atoms with Crippen LogP contribution in [0.25, 0.3) is 0 Å². The third-order valence-electron chi connectivity index (χ3n) is 4.45. The molecule has 30 heavy (non-hydrogen) atoms. The van der Waals surface area contributed by atoms with Gasteiger partial charge in [0, 0.05) is 11.9 Å². The number of urea groups is 1. The Morgan fingerprint density at radius 3 is 2.00 bits per heavy atom. The minimum absolute atomic E-state index is 0.0730. The summed E-state index contributed by atoms with van der Waals surface area (Å²) in [6, 6.07) is 10.8. The number of carbonyl (C=O) groups is 1.